The number of halogens is 4. The van der Waals surface area contributed by atoms with Gasteiger partial charge in [0.25, 0.3) is 0 Å². The molecule has 1 aliphatic carbocycles. The number of alkyl halides is 4. The molecule has 3 unspecified atom stereocenters. The van der Waals surface area contributed by atoms with E-state index in [9.17, 15) is 35.9 Å². The SMILES string of the molecule is COc1cc(S(C)(=O)=O)ccc1N(CC#Cc1cc2c(NC3CCC(N)CC3F)cccc2n1CC(F)(F)F)C(=O)O. The molecule has 1 amide bonds. The van der Waals surface area contributed by atoms with Crippen molar-refractivity contribution in [3.63, 3.8) is 0 Å². The van der Waals surface area contributed by atoms with Crippen LogP contribution >= 0.6 is 0 Å². The fourth-order valence-corrected chi connectivity index (χ4v) is 5.58. The average molecular weight is 611 g/mol. The van der Waals surface area contributed by atoms with Crippen molar-refractivity contribution in [2.75, 3.05) is 30.1 Å². The summed E-state index contributed by atoms with van der Waals surface area (Å²) >= 11 is 0. The Morgan fingerprint density at radius 1 is 1.24 bits per heavy atom. The van der Waals surface area contributed by atoms with Crippen LogP contribution in [0.15, 0.2) is 47.4 Å². The van der Waals surface area contributed by atoms with Gasteiger partial charge < -0.3 is 25.5 Å². The molecule has 42 heavy (non-hydrogen) atoms. The molecule has 1 fully saturated rings. The third-order valence-corrected chi connectivity index (χ3v) is 8.10. The number of nitrogens with two attached hydrogens (primary N) is 1. The number of carbonyl (C=O) groups is 1. The predicted octanol–water partition coefficient (Wildman–Crippen LogP) is 4.78. The van der Waals surface area contributed by atoms with Crippen LogP contribution in [-0.2, 0) is 16.4 Å². The molecule has 0 saturated heterocycles. The van der Waals surface area contributed by atoms with E-state index in [1.165, 1.54) is 37.4 Å². The fraction of sp³-hybridized carbons (Fsp3) is 0.393. The number of methoxy groups -OCH3 is 1. The Morgan fingerprint density at radius 3 is 2.60 bits per heavy atom. The number of carboxylic acid groups (broad SMARTS) is 1. The van der Waals surface area contributed by atoms with Crippen LogP contribution in [0.3, 0.4) is 0 Å². The summed E-state index contributed by atoms with van der Waals surface area (Å²) in [5, 5.41) is 13.3. The second-order valence-corrected chi connectivity index (χ2v) is 12.1. The van der Waals surface area contributed by atoms with Crippen LogP contribution in [0.2, 0.25) is 0 Å². The van der Waals surface area contributed by atoms with Gasteiger partial charge in [0, 0.05) is 29.4 Å². The molecule has 4 N–H and O–H groups in total. The van der Waals surface area contributed by atoms with E-state index in [4.69, 9.17) is 10.5 Å². The van der Waals surface area contributed by atoms with Gasteiger partial charge in [0.05, 0.1) is 41.5 Å². The molecule has 9 nitrogen and oxygen atoms in total. The molecule has 1 aliphatic rings. The lowest BCUT2D eigenvalue weighted by Crippen LogP contribution is -2.41. The van der Waals surface area contributed by atoms with E-state index in [2.05, 4.69) is 17.2 Å². The minimum absolute atomic E-state index is 0.00185. The molecule has 1 aromatic heterocycles. The molecular weight excluding hydrogens is 580 g/mol. The molecule has 3 atom stereocenters. The smallest absolute Gasteiger partial charge is 0.412 e. The number of benzene rings is 2. The van der Waals surface area contributed by atoms with E-state index in [1.54, 1.807) is 12.1 Å². The van der Waals surface area contributed by atoms with Gasteiger partial charge in [0.15, 0.2) is 9.84 Å². The third-order valence-electron chi connectivity index (χ3n) is 6.99. The number of hydrogen-bond donors (Lipinski definition) is 3. The van der Waals surface area contributed by atoms with Gasteiger partial charge in [-0.05, 0) is 55.5 Å². The number of hydrogen-bond acceptors (Lipinski definition) is 6. The highest BCUT2D eigenvalue weighted by molar-refractivity contribution is 7.90. The Balaban J connectivity index is 1.70. The van der Waals surface area contributed by atoms with Gasteiger partial charge in [0.2, 0.25) is 0 Å². The predicted molar refractivity (Wildman–Crippen MR) is 150 cm³/mol. The lowest BCUT2D eigenvalue weighted by Gasteiger charge is -2.31. The lowest BCUT2D eigenvalue weighted by molar-refractivity contribution is -0.140. The summed E-state index contributed by atoms with van der Waals surface area (Å²) in [5.74, 6) is 5.23. The molecule has 0 spiro atoms. The Labute approximate surface area is 240 Å². The molecule has 2 aromatic carbocycles. The average Bonchev–Trinajstić information content (AvgIpc) is 3.23. The van der Waals surface area contributed by atoms with Crippen molar-refractivity contribution in [2.24, 2.45) is 5.73 Å². The topological polar surface area (TPSA) is 127 Å². The number of rotatable bonds is 7. The van der Waals surface area contributed by atoms with Gasteiger partial charge in [-0.15, -0.1) is 0 Å². The van der Waals surface area contributed by atoms with Gasteiger partial charge >= 0.3 is 12.3 Å². The number of aromatic nitrogens is 1. The van der Waals surface area contributed by atoms with E-state index in [1.807, 2.05) is 0 Å². The molecule has 4 rings (SSSR count). The van der Waals surface area contributed by atoms with Gasteiger partial charge in [-0.2, -0.15) is 13.2 Å². The number of nitrogens with zero attached hydrogens (tertiary/aromatic N) is 2. The van der Waals surface area contributed by atoms with E-state index in [-0.39, 0.29) is 40.0 Å². The molecule has 1 saturated carbocycles. The van der Waals surface area contributed by atoms with Gasteiger partial charge in [-0.25, -0.2) is 17.6 Å². The normalized spacial score (nSPS) is 19.2. The molecule has 14 heteroatoms. The van der Waals surface area contributed by atoms with E-state index >= 15 is 0 Å². The first-order valence-corrected chi connectivity index (χ1v) is 14.8. The van der Waals surface area contributed by atoms with Crippen molar-refractivity contribution in [3.8, 4) is 17.6 Å². The second-order valence-electron chi connectivity index (χ2n) is 10.1. The maximum Gasteiger partial charge on any atom is 0.412 e. The zero-order valence-electron chi connectivity index (χ0n) is 22.8. The summed E-state index contributed by atoms with van der Waals surface area (Å²) in [7, 11) is -2.36. The number of ether oxygens (including phenoxy) is 1. The van der Waals surface area contributed by atoms with Crippen LogP contribution in [0.1, 0.15) is 25.0 Å². The van der Waals surface area contributed by atoms with Crippen LogP contribution in [0.5, 0.6) is 5.75 Å². The zero-order valence-corrected chi connectivity index (χ0v) is 23.6. The van der Waals surface area contributed by atoms with Gasteiger partial charge in [-0.3, -0.25) is 4.90 Å². The summed E-state index contributed by atoms with van der Waals surface area (Å²) in [6.07, 6.45) is -4.99. The van der Waals surface area contributed by atoms with E-state index in [0.717, 1.165) is 15.7 Å². The Morgan fingerprint density at radius 2 is 1.98 bits per heavy atom. The van der Waals surface area contributed by atoms with Crippen LogP contribution in [-0.4, -0.2) is 68.5 Å². The minimum atomic E-state index is -4.59. The third kappa shape index (κ3) is 7.08. The number of anilines is 2. The Hall–Kier alpha value is -3.96. The Kier molecular flexibility index (Phi) is 8.93. The highest BCUT2D eigenvalue weighted by Crippen LogP contribution is 2.33. The molecule has 3 aromatic rings. The maximum atomic E-state index is 14.7. The Bertz CT molecular complexity index is 1650. The first-order chi connectivity index (χ1) is 19.7. The van der Waals surface area contributed by atoms with Gasteiger partial charge in [-0.1, -0.05) is 12.0 Å². The van der Waals surface area contributed by atoms with Crippen molar-refractivity contribution in [1.29, 1.82) is 0 Å². The maximum absolute atomic E-state index is 14.7. The van der Waals surface area contributed by atoms with Crippen molar-refractivity contribution in [3.05, 3.63) is 48.2 Å². The number of fused-ring (bicyclic) bond motifs is 1. The molecule has 1 heterocycles. The van der Waals surface area contributed by atoms with Crippen LogP contribution < -0.4 is 20.7 Å². The van der Waals surface area contributed by atoms with Crippen LogP contribution in [0.25, 0.3) is 10.9 Å². The van der Waals surface area contributed by atoms with Crippen LogP contribution in [0.4, 0.5) is 33.7 Å². The largest absolute Gasteiger partial charge is 0.495 e. The fourth-order valence-electron chi connectivity index (χ4n) is 4.95. The van der Waals surface area contributed by atoms with Crippen molar-refractivity contribution in [2.45, 2.75) is 55.1 Å². The number of nitrogens with one attached hydrogen (secondary N) is 1. The minimum Gasteiger partial charge on any atom is -0.495 e. The van der Waals surface area contributed by atoms with Crippen molar-refractivity contribution >= 4 is 38.2 Å². The van der Waals surface area contributed by atoms with Gasteiger partial charge in [0.1, 0.15) is 18.5 Å². The highest BCUT2D eigenvalue weighted by Gasteiger charge is 2.31. The second kappa shape index (κ2) is 12.1. The molecule has 0 bridgehead atoms. The molecular formula is C28H30F4N4O5S. The quantitative estimate of drug-likeness (QED) is 0.260. The number of sulfone groups is 1. The molecule has 0 radical (unpaired) electrons. The summed E-state index contributed by atoms with van der Waals surface area (Å²) in [6, 6.07) is 9.01. The first kappa shape index (κ1) is 31.0. The lowest BCUT2D eigenvalue weighted by atomic mass is 9.90. The van der Waals surface area contributed by atoms with E-state index in [0.29, 0.717) is 23.9 Å². The highest BCUT2D eigenvalue weighted by atomic mass is 32.2. The molecule has 0 aliphatic heterocycles. The summed E-state index contributed by atoms with van der Waals surface area (Å²) in [6.45, 7) is -1.81. The van der Waals surface area contributed by atoms with Crippen molar-refractivity contribution in [1.82, 2.24) is 4.57 Å². The first-order valence-electron chi connectivity index (χ1n) is 12.9. The monoisotopic (exact) mass is 610 g/mol. The van der Waals surface area contributed by atoms with Crippen molar-refractivity contribution < 1.29 is 40.6 Å². The van der Waals surface area contributed by atoms with Crippen LogP contribution in [0, 0.1) is 11.8 Å². The van der Waals surface area contributed by atoms with E-state index < -0.39 is 47.4 Å². The number of amides is 1. The molecule has 226 valence electrons. The zero-order chi connectivity index (χ0) is 30.8. The summed E-state index contributed by atoms with van der Waals surface area (Å²) < 4.78 is 85.4. The standard InChI is InChI=1S/C28H30F4N4O5S/c1-41-26-15-19(42(2,39)40)9-11-25(26)35(27(37)38)12-4-5-18-14-20-22(34-23-10-8-17(33)13-21(23)29)6-3-7-24(20)36(18)16-28(30,31)32/h3,6-7,9,11,14-15,17,21,23,34H,8,10,12-13,16,33H2,1-2H3,(H,37,38). The summed E-state index contributed by atoms with van der Waals surface area (Å²) in [4.78, 5) is 12.8. The summed E-state index contributed by atoms with van der Waals surface area (Å²) in [5.41, 5.74) is 6.50.